The van der Waals surface area contributed by atoms with Gasteiger partial charge in [0, 0.05) is 11.1 Å². The fourth-order valence-electron chi connectivity index (χ4n) is 4.15. The highest BCUT2D eigenvalue weighted by Gasteiger charge is 2.72. The lowest BCUT2D eigenvalue weighted by molar-refractivity contribution is 0.0859. The molecule has 5 rings (SSSR count). The van der Waals surface area contributed by atoms with Gasteiger partial charge >= 0.3 is 0 Å². The molecule has 3 aromatic carbocycles. The molecule has 2 aliphatic rings. The zero-order valence-electron chi connectivity index (χ0n) is 15.2. The van der Waals surface area contributed by atoms with Gasteiger partial charge in [0.1, 0.15) is 17.1 Å². The van der Waals surface area contributed by atoms with Crippen LogP contribution in [0.1, 0.15) is 32.8 Å². The molecular weight excluding hydrogens is 372 g/mol. The van der Waals surface area contributed by atoms with Gasteiger partial charge < -0.3 is 9.47 Å². The number of ether oxygens (including phenoxy) is 2. The van der Waals surface area contributed by atoms with Crippen molar-refractivity contribution in [1.82, 2.24) is 0 Å². The van der Waals surface area contributed by atoms with Crippen molar-refractivity contribution < 1.29 is 18.5 Å². The number of para-hydroxylation sites is 1. The summed E-state index contributed by atoms with van der Waals surface area (Å²) in [7, 11) is 0.175. The molecule has 0 bridgehead atoms. The Balaban J connectivity index is 1.71. The molecule has 0 aromatic heterocycles. The maximum atomic E-state index is 13.6. The molecule has 1 saturated heterocycles. The van der Waals surface area contributed by atoms with E-state index in [0.717, 1.165) is 11.1 Å². The molecule has 28 heavy (non-hydrogen) atoms. The average Bonchev–Trinajstić information content (AvgIpc) is 3.49. The van der Waals surface area contributed by atoms with Gasteiger partial charge in [-0.1, -0.05) is 66.7 Å². The first-order chi connectivity index (χ1) is 13.7. The van der Waals surface area contributed by atoms with Crippen LogP contribution in [0.15, 0.2) is 83.8 Å². The van der Waals surface area contributed by atoms with Crippen LogP contribution in [0.3, 0.4) is 0 Å². The van der Waals surface area contributed by atoms with E-state index in [-0.39, 0.29) is 5.78 Å². The van der Waals surface area contributed by atoms with Crippen LogP contribution in [0.2, 0.25) is 0 Å². The zero-order chi connectivity index (χ0) is 19.3. The molecule has 5 heteroatoms. The molecule has 2 aliphatic heterocycles. The first kappa shape index (κ1) is 17.3. The van der Waals surface area contributed by atoms with Crippen molar-refractivity contribution in [2.24, 2.45) is 0 Å². The van der Waals surface area contributed by atoms with Crippen molar-refractivity contribution in [3.05, 3.63) is 95.6 Å². The summed E-state index contributed by atoms with van der Waals surface area (Å²) in [6.07, 6.45) is -0.501. The molecule has 1 spiro atoms. The molecule has 0 saturated carbocycles. The van der Waals surface area contributed by atoms with E-state index in [4.69, 9.17) is 9.47 Å². The highest BCUT2D eigenvalue weighted by molar-refractivity contribution is 7.85. The summed E-state index contributed by atoms with van der Waals surface area (Å²) < 4.78 is 25.2. The van der Waals surface area contributed by atoms with Crippen molar-refractivity contribution in [3.63, 3.8) is 0 Å². The quantitative estimate of drug-likeness (QED) is 0.628. The fourth-order valence-corrected chi connectivity index (χ4v) is 6.01. The van der Waals surface area contributed by atoms with Crippen LogP contribution in [0.5, 0.6) is 5.75 Å². The van der Waals surface area contributed by atoms with E-state index < -0.39 is 27.8 Å². The third-order valence-corrected chi connectivity index (χ3v) is 7.32. The second-order valence-electron chi connectivity index (χ2n) is 6.95. The van der Waals surface area contributed by atoms with E-state index in [0.29, 0.717) is 16.2 Å². The van der Waals surface area contributed by atoms with Gasteiger partial charge in [0.15, 0.2) is 5.60 Å². The van der Waals surface area contributed by atoms with E-state index in [1.807, 2.05) is 60.7 Å². The lowest BCUT2D eigenvalue weighted by Crippen LogP contribution is -2.40. The van der Waals surface area contributed by atoms with Gasteiger partial charge in [-0.05, 0) is 17.7 Å². The van der Waals surface area contributed by atoms with Crippen LogP contribution in [-0.2, 0) is 15.5 Å². The standard InChI is InChI=1S/C23H18O4S/c1-26-18-13-7-5-11-16(18)21-23(27-21)20(24)17-12-6-8-14-19(17)28(25)22(23)15-9-3-2-4-10-15/h2-14,21-22H,1H3/t21-,22-,23-,28?/m1/s1. The lowest BCUT2D eigenvalue weighted by Gasteiger charge is -2.30. The summed E-state index contributed by atoms with van der Waals surface area (Å²) in [6.45, 7) is 0. The molecule has 0 N–H and O–H groups in total. The molecule has 0 radical (unpaired) electrons. The van der Waals surface area contributed by atoms with Gasteiger partial charge in [-0.25, -0.2) is 0 Å². The largest absolute Gasteiger partial charge is 0.496 e. The van der Waals surface area contributed by atoms with E-state index in [1.165, 1.54) is 0 Å². The Morgan fingerprint density at radius 1 is 0.929 bits per heavy atom. The highest BCUT2D eigenvalue weighted by Crippen LogP contribution is 2.64. The minimum atomic E-state index is -1.42. The van der Waals surface area contributed by atoms with Gasteiger partial charge in [-0.2, -0.15) is 0 Å². The number of carbonyl (C=O) groups is 1. The zero-order valence-corrected chi connectivity index (χ0v) is 16.0. The SMILES string of the molecule is COc1ccccc1[C@H]1O[C@]12C(=O)c1ccccc1S(=O)[C@@H]2c1ccccc1. The average molecular weight is 390 g/mol. The molecule has 140 valence electrons. The van der Waals surface area contributed by atoms with Crippen LogP contribution in [0, 0.1) is 0 Å². The number of epoxide rings is 1. The van der Waals surface area contributed by atoms with Crippen molar-refractivity contribution in [2.75, 3.05) is 7.11 Å². The van der Waals surface area contributed by atoms with Gasteiger partial charge in [0.2, 0.25) is 5.78 Å². The predicted molar refractivity (Wildman–Crippen MR) is 106 cm³/mol. The topological polar surface area (TPSA) is 55.9 Å². The Morgan fingerprint density at radius 2 is 1.61 bits per heavy atom. The summed E-state index contributed by atoms with van der Waals surface area (Å²) in [5, 5.41) is -0.578. The van der Waals surface area contributed by atoms with Crippen LogP contribution in [0.4, 0.5) is 0 Å². The minimum absolute atomic E-state index is 0.118. The normalized spacial score (nSPS) is 28.0. The number of methoxy groups -OCH3 is 1. The molecule has 0 amide bonds. The second-order valence-corrected chi connectivity index (χ2v) is 8.45. The summed E-state index contributed by atoms with van der Waals surface area (Å²) in [6, 6.07) is 24.1. The first-order valence-corrected chi connectivity index (χ1v) is 10.3. The first-order valence-electron chi connectivity index (χ1n) is 9.08. The molecule has 4 nitrogen and oxygen atoms in total. The smallest absolute Gasteiger partial charge is 0.200 e. The maximum Gasteiger partial charge on any atom is 0.200 e. The highest BCUT2D eigenvalue weighted by atomic mass is 32.2. The van der Waals surface area contributed by atoms with E-state index >= 15 is 0 Å². The minimum Gasteiger partial charge on any atom is -0.496 e. The van der Waals surface area contributed by atoms with Gasteiger partial charge in [-0.3, -0.25) is 9.00 Å². The second kappa shape index (κ2) is 6.40. The third kappa shape index (κ3) is 2.33. The number of benzene rings is 3. The molecule has 1 unspecified atom stereocenters. The summed E-state index contributed by atoms with van der Waals surface area (Å²) in [4.78, 5) is 14.2. The Morgan fingerprint density at radius 3 is 2.39 bits per heavy atom. The summed E-state index contributed by atoms with van der Waals surface area (Å²) in [5.74, 6) is 0.543. The molecule has 2 heterocycles. The van der Waals surface area contributed by atoms with Crippen LogP contribution in [-0.4, -0.2) is 22.7 Å². The number of carbonyl (C=O) groups excluding carboxylic acids is 1. The Kier molecular flexibility index (Phi) is 3.96. The number of rotatable bonds is 3. The maximum absolute atomic E-state index is 13.6. The number of fused-ring (bicyclic) bond motifs is 1. The third-order valence-electron chi connectivity index (χ3n) is 5.48. The monoisotopic (exact) mass is 390 g/mol. The van der Waals surface area contributed by atoms with Crippen molar-refractivity contribution in [2.45, 2.75) is 21.9 Å². The Hall–Kier alpha value is -2.76. The molecule has 0 aliphatic carbocycles. The van der Waals surface area contributed by atoms with Crippen LogP contribution in [0.25, 0.3) is 0 Å². The summed E-state index contributed by atoms with van der Waals surface area (Å²) >= 11 is 0. The number of Topliss-reactive ketones (excluding diaryl/α,β-unsaturated/α-hetero) is 1. The van der Waals surface area contributed by atoms with Gasteiger partial charge in [0.05, 0.1) is 22.8 Å². The van der Waals surface area contributed by atoms with Crippen LogP contribution >= 0.6 is 0 Å². The number of hydrogen-bond donors (Lipinski definition) is 0. The number of ketones is 1. The fraction of sp³-hybridized carbons (Fsp3) is 0.174. The van der Waals surface area contributed by atoms with Gasteiger partial charge in [-0.15, -0.1) is 0 Å². The van der Waals surface area contributed by atoms with Crippen molar-refractivity contribution >= 4 is 16.6 Å². The van der Waals surface area contributed by atoms with Crippen LogP contribution < -0.4 is 4.74 Å². The Bertz CT molecular complexity index is 1090. The molecular formula is C23H18O4S. The molecule has 3 aromatic rings. The van der Waals surface area contributed by atoms with Crippen molar-refractivity contribution in [1.29, 1.82) is 0 Å². The predicted octanol–water partition coefficient (Wildman–Crippen LogP) is 4.25. The Labute approximate surface area is 165 Å². The number of hydrogen-bond acceptors (Lipinski definition) is 4. The molecule has 1 fully saturated rings. The summed E-state index contributed by atoms with van der Waals surface area (Å²) in [5.41, 5.74) is 0.928. The molecule has 4 atom stereocenters. The lowest BCUT2D eigenvalue weighted by atomic mass is 9.84. The van der Waals surface area contributed by atoms with Gasteiger partial charge in [0.25, 0.3) is 0 Å². The van der Waals surface area contributed by atoms with E-state index in [2.05, 4.69) is 0 Å². The van der Waals surface area contributed by atoms with Crippen molar-refractivity contribution in [3.8, 4) is 5.75 Å². The van der Waals surface area contributed by atoms with E-state index in [9.17, 15) is 9.00 Å². The van der Waals surface area contributed by atoms with E-state index in [1.54, 1.807) is 25.3 Å².